The molecular formula is C14H19NO2. The van der Waals surface area contributed by atoms with Gasteiger partial charge in [-0.25, -0.2) is 0 Å². The van der Waals surface area contributed by atoms with Crippen LogP contribution in [0.2, 0.25) is 0 Å². The maximum absolute atomic E-state index is 6.43. The first-order valence-electron chi connectivity index (χ1n) is 6.31. The van der Waals surface area contributed by atoms with E-state index in [0.717, 1.165) is 24.3 Å². The maximum Gasteiger partial charge on any atom is 0.164 e. The number of rotatable bonds is 1. The SMILES string of the molecule is Cc1c(C2(N)CCC2)cc2c(c1C)OCCO2. The van der Waals surface area contributed by atoms with Crippen molar-refractivity contribution in [1.82, 2.24) is 0 Å². The molecule has 3 heteroatoms. The zero-order valence-electron chi connectivity index (χ0n) is 10.5. The second-order valence-corrected chi connectivity index (χ2v) is 5.21. The molecule has 1 aliphatic heterocycles. The molecule has 0 saturated heterocycles. The van der Waals surface area contributed by atoms with Crippen LogP contribution in [0.3, 0.4) is 0 Å². The van der Waals surface area contributed by atoms with Crippen molar-refractivity contribution in [3.8, 4) is 11.5 Å². The Morgan fingerprint density at radius 2 is 1.82 bits per heavy atom. The molecule has 0 aromatic heterocycles. The van der Waals surface area contributed by atoms with Gasteiger partial charge in [0.05, 0.1) is 0 Å². The minimum Gasteiger partial charge on any atom is -0.486 e. The number of benzene rings is 1. The molecule has 2 N–H and O–H groups in total. The highest BCUT2D eigenvalue weighted by atomic mass is 16.6. The highest BCUT2D eigenvalue weighted by molar-refractivity contribution is 5.56. The standard InChI is InChI=1S/C14H19NO2/c1-9-10(2)13-12(16-6-7-17-13)8-11(9)14(15)4-3-5-14/h8H,3-7,15H2,1-2H3. The monoisotopic (exact) mass is 233 g/mol. The molecule has 1 aromatic carbocycles. The molecule has 0 unspecified atom stereocenters. The predicted molar refractivity (Wildman–Crippen MR) is 66.6 cm³/mol. The highest BCUT2D eigenvalue weighted by Crippen LogP contribution is 2.46. The molecule has 0 bridgehead atoms. The third-order valence-corrected chi connectivity index (χ3v) is 4.18. The van der Waals surface area contributed by atoms with Crippen molar-refractivity contribution in [1.29, 1.82) is 0 Å². The lowest BCUT2D eigenvalue weighted by Crippen LogP contribution is -2.44. The largest absolute Gasteiger partial charge is 0.486 e. The fourth-order valence-electron chi connectivity index (χ4n) is 2.79. The van der Waals surface area contributed by atoms with Crippen LogP contribution in [-0.4, -0.2) is 13.2 Å². The van der Waals surface area contributed by atoms with Crippen molar-refractivity contribution in [2.45, 2.75) is 38.6 Å². The Labute approximate surface area is 102 Å². The van der Waals surface area contributed by atoms with Gasteiger partial charge in [0.1, 0.15) is 13.2 Å². The molecule has 0 spiro atoms. The van der Waals surface area contributed by atoms with Gasteiger partial charge in [-0.1, -0.05) is 0 Å². The van der Waals surface area contributed by atoms with E-state index in [4.69, 9.17) is 15.2 Å². The highest BCUT2D eigenvalue weighted by Gasteiger charge is 2.37. The van der Waals surface area contributed by atoms with Crippen LogP contribution in [-0.2, 0) is 5.54 Å². The third kappa shape index (κ3) is 1.53. The van der Waals surface area contributed by atoms with Crippen LogP contribution in [0.15, 0.2) is 6.07 Å². The summed E-state index contributed by atoms with van der Waals surface area (Å²) in [5.41, 5.74) is 9.97. The molecule has 1 heterocycles. The van der Waals surface area contributed by atoms with Crippen molar-refractivity contribution in [3.05, 3.63) is 22.8 Å². The smallest absolute Gasteiger partial charge is 0.164 e. The van der Waals surface area contributed by atoms with Gasteiger partial charge in [0.25, 0.3) is 0 Å². The summed E-state index contributed by atoms with van der Waals surface area (Å²) in [6.45, 7) is 5.50. The van der Waals surface area contributed by atoms with Crippen molar-refractivity contribution in [2.75, 3.05) is 13.2 Å². The normalized spacial score (nSPS) is 20.9. The summed E-state index contributed by atoms with van der Waals surface area (Å²) in [5.74, 6) is 1.77. The number of hydrogen-bond donors (Lipinski definition) is 1. The van der Waals surface area contributed by atoms with E-state index < -0.39 is 0 Å². The molecular weight excluding hydrogens is 214 g/mol. The van der Waals surface area contributed by atoms with Gasteiger partial charge >= 0.3 is 0 Å². The summed E-state index contributed by atoms with van der Waals surface area (Å²) in [6, 6.07) is 2.09. The molecule has 17 heavy (non-hydrogen) atoms. The van der Waals surface area contributed by atoms with E-state index in [-0.39, 0.29) is 5.54 Å². The zero-order chi connectivity index (χ0) is 12.0. The third-order valence-electron chi connectivity index (χ3n) is 4.18. The Morgan fingerprint density at radius 3 is 2.47 bits per heavy atom. The average Bonchev–Trinajstić information content (AvgIpc) is 2.31. The van der Waals surface area contributed by atoms with Crippen molar-refractivity contribution in [3.63, 3.8) is 0 Å². The van der Waals surface area contributed by atoms with Gasteiger partial charge in [0, 0.05) is 5.54 Å². The maximum atomic E-state index is 6.43. The van der Waals surface area contributed by atoms with Crippen LogP contribution in [0.4, 0.5) is 0 Å². The Morgan fingerprint density at radius 1 is 1.12 bits per heavy atom. The first kappa shape index (κ1) is 10.9. The van der Waals surface area contributed by atoms with Gasteiger partial charge in [-0.15, -0.1) is 0 Å². The van der Waals surface area contributed by atoms with E-state index in [0.29, 0.717) is 13.2 Å². The average molecular weight is 233 g/mol. The molecule has 1 aromatic rings. The van der Waals surface area contributed by atoms with Gasteiger partial charge in [-0.2, -0.15) is 0 Å². The lowest BCUT2D eigenvalue weighted by Gasteiger charge is -2.40. The van der Waals surface area contributed by atoms with E-state index in [1.807, 2.05) is 0 Å². The molecule has 2 aliphatic rings. The Balaban J connectivity index is 2.13. The van der Waals surface area contributed by atoms with Gasteiger partial charge < -0.3 is 15.2 Å². The predicted octanol–water partition coefficient (Wildman–Crippen LogP) is 2.41. The van der Waals surface area contributed by atoms with Crippen LogP contribution in [0, 0.1) is 13.8 Å². The number of ether oxygens (including phenoxy) is 2. The lowest BCUT2D eigenvalue weighted by molar-refractivity contribution is 0.168. The van der Waals surface area contributed by atoms with E-state index >= 15 is 0 Å². The molecule has 1 aliphatic carbocycles. The van der Waals surface area contributed by atoms with Gasteiger partial charge in [-0.05, 0) is 55.9 Å². The second kappa shape index (κ2) is 3.64. The second-order valence-electron chi connectivity index (χ2n) is 5.21. The molecule has 3 rings (SSSR count). The van der Waals surface area contributed by atoms with Crippen LogP contribution in [0.1, 0.15) is 36.0 Å². The first-order valence-corrected chi connectivity index (χ1v) is 6.31. The quantitative estimate of drug-likeness (QED) is 0.810. The summed E-state index contributed by atoms with van der Waals surface area (Å²) >= 11 is 0. The van der Waals surface area contributed by atoms with Crippen LogP contribution in [0.5, 0.6) is 11.5 Å². The zero-order valence-corrected chi connectivity index (χ0v) is 10.5. The topological polar surface area (TPSA) is 44.5 Å². The van der Waals surface area contributed by atoms with Crippen molar-refractivity contribution < 1.29 is 9.47 Å². The van der Waals surface area contributed by atoms with E-state index in [1.165, 1.54) is 23.1 Å². The molecule has 3 nitrogen and oxygen atoms in total. The molecule has 0 atom stereocenters. The summed E-state index contributed by atoms with van der Waals surface area (Å²) in [5, 5.41) is 0. The first-order chi connectivity index (χ1) is 8.12. The van der Waals surface area contributed by atoms with Gasteiger partial charge in [0.15, 0.2) is 11.5 Å². The number of nitrogens with two attached hydrogens (primary N) is 1. The Bertz CT molecular complexity index is 464. The summed E-state index contributed by atoms with van der Waals surface area (Å²) < 4.78 is 11.4. The number of hydrogen-bond acceptors (Lipinski definition) is 3. The molecule has 1 fully saturated rings. The van der Waals surface area contributed by atoms with E-state index in [1.54, 1.807) is 0 Å². The minimum atomic E-state index is -0.134. The molecule has 92 valence electrons. The van der Waals surface area contributed by atoms with Crippen LogP contribution in [0.25, 0.3) is 0 Å². The van der Waals surface area contributed by atoms with Crippen molar-refractivity contribution >= 4 is 0 Å². The minimum absolute atomic E-state index is 0.134. The summed E-state index contributed by atoms with van der Waals surface area (Å²) in [7, 11) is 0. The molecule has 0 radical (unpaired) electrons. The van der Waals surface area contributed by atoms with Gasteiger partial charge in [-0.3, -0.25) is 0 Å². The molecule has 0 amide bonds. The fourth-order valence-corrected chi connectivity index (χ4v) is 2.79. The summed E-state index contributed by atoms with van der Waals surface area (Å²) in [4.78, 5) is 0. The lowest BCUT2D eigenvalue weighted by atomic mass is 9.71. The van der Waals surface area contributed by atoms with Crippen LogP contribution >= 0.6 is 0 Å². The van der Waals surface area contributed by atoms with Gasteiger partial charge in [0.2, 0.25) is 0 Å². The molecule has 1 saturated carbocycles. The van der Waals surface area contributed by atoms with E-state index in [9.17, 15) is 0 Å². The van der Waals surface area contributed by atoms with E-state index in [2.05, 4.69) is 19.9 Å². The Hall–Kier alpha value is -1.22. The Kier molecular flexibility index (Phi) is 2.33. The van der Waals surface area contributed by atoms with Crippen molar-refractivity contribution in [2.24, 2.45) is 5.73 Å². The van der Waals surface area contributed by atoms with Crippen LogP contribution < -0.4 is 15.2 Å². The summed E-state index contributed by atoms with van der Waals surface area (Å²) in [6.07, 6.45) is 3.38. The fraction of sp³-hybridized carbons (Fsp3) is 0.571. The number of fused-ring (bicyclic) bond motifs is 1.